The molecule has 1 aromatic heterocycles. The number of para-hydroxylation sites is 1. The zero-order valence-corrected chi connectivity index (χ0v) is 15.3. The molecule has 0 fully saturated rings. The van der Waals surface area contributed by atoms with Gasteiger partial charge in [0.2, 0.25) is 0 Å². The van der Waals surface area contributed by atoms with Gasteiger partial charge in [-0.05, 0) is 36.8 Å². The minimum Gasteiger partial charge on any atom is -0.493 e. The number of aromatic nitrogens is 2. The number of rotatable bonds is 7. The van der Waals surface area contributed by atoms with E-state index in [1.54, 1.807) is 30.3 Å². The summed E-state index contributed by atoms with van der Waals surface area (Å²) >= 11 is 0. The first kappa shape index (κ1) is 18.3. The minimum atomic E-state index is -0.276. The Bertz CT molecular complexity index is 933. The van der Waals surface area contributed by atoms with Crippen molar-refractivity contribution < 1.29 is 14.3 Å². The topological polar surface area (TPSA) is 65.4 Å². The van der Waals surface area contributed by atoms with Crippen LogP contribution in [0.1, 0.15) is 12.5 Å². The van der Waals surface area contributed by atoms with Gasteiger partial charge in [0, 0.05) is 0 Å². The third kappa shape index (κ3) is 4.76. The number of carbonyl (C=O) groups is 1. The fourth-order valence-corrected chi connectivity index (χ4v) is 2.55. The van der Waals surface area contributed by atoms with E-state index < -0.39 is 0 Å². The number of hydrogen-bond donors (Lipinski definition) is 1. The van der Waals surface area contributed by atoms with Gasteiger partial charge < -0.3 is 14.8 Å². The summed E-state index contributed by atoms with van der Waals surface area (Å²) in [6.07, 6.45) is 7.25. The van der Waals surface area contributed by atoms with E-state index in [-0.39, 0.29) is 12.5 Å². The molecule has 0 atom stereocenters. The fourth-order valence-electron chi connectivity index (χ4n) is 2.55. The van der Waals surface area contributed by atoms with E-state index >= 15 is 0 Å². The van der Waals surface area contributed by atoms with Gasteiger partial charge in [0.25, 0.3) is 5.91 Å². The number of anilines is 1. The minimum absolute atomic E-state index is 0.129. The summed E-state index contributed by atoms with van der Waals surface area (Å²) in [5, 5.41) is 7.02. The van der Waals surface area contributed by atoms with Crippen LogP contribution in [-0.4, -0.2) is 29.4 Å². The SMILES string of the molecule is C/C=C\c1ccc(OCC(=O)Nc2cnn(-c3ccccc3)c2)c(OC)c1. The summed E-state index contributed by atoms with van der Waals surface area (Å²) in [5.74, 6) is 0.818. The van der Waals surface area contributed by atoms with Crippen molar-refractivity contribution in [1.82, 2.24) is 9.78 Å². The molecule has 0 aliphatic heterocycles. The zero-order valence-electron chi connectivity index (χ0n) is 15.3. The largest absolute Gasteiger partial charge is 0.493 e. The molecule has 6 heteroatoms. The molecule has 0 saturated heterocycles. The normalized spacial score (nSPS) is 10.7. The second-order valence-electron chi connectivity index (χ2n) is 5.76. The van der Waals surface area contributed by atoms with Gasteiger partial charge in [0.05, 0.1) is 30.9 Å². The molecule has 1 heterocycles. The van der Waals surface area contributed by atoms with Crippen LogP contribution >= 0.6 is 0 Å². The molecule has 27 heavy (non-hydrogen) atoms. The first-order chi connectivity index (χ1) is 13.2. The van der Waals surface area contributed by atoms with Gasteiger partial charge in [-0.2, -0.15) is 5.10 Å². The van der Waals surface area contributed by atoms with Gasteiger partial charge in [-0.15, -0.1) is 0 Å². The van der Waals surface area contributed by atoms with Crippen LogP contribution in [0.4, 0.5) is 5.69 Å². The molecule has 3 aromatic rings. The Kier molecular flexibility index (Phi) is 5.89. The summed E-state index contributed by atoms with van der Waals surface area (Å²) in [5.41, 5.74) is 2.52. The molecular weight excluding hydrogens is 342 g/mol. The van der Waals surface area contributed by atoms with Crippen LogP contribution in [0, 0.1) is 0 Å². The monoisotopic (exact) mass is 363 g/mol. The predicted octanol–water partition coefficient (Wildman–Crippen LogP) is 3.93. The van der Waals surface area contributed by atoms with Crippen LogP contribution in [0.5, 0.6) is 11.5 Å². The van der Waals surface area contributed by atoms with Crippen molar-refractivity contribution in [2.45, 2.75) is 6.92 Å². The maximum atomic E-state index is 12.2. The van der Waals surface area contributed by atoms with Crippen molar-refractivity contribution >= 4 is 17.7 Å². The number of ether oxygens (including phenoxy) is 2. The van der Waals surface area contributed by atoms with Gasteiger partial charge in [0.1, 0.15) is 0 Å². The number of benzene rings is 2. The first-order valence-corrected chi connectivity index (χ1v) is 8.53. The molecule has 0 bridgehead atoms. The maximum absolute atomic E-state index is 12.2. The van der Waals surface area contributed by atoms with Crippen molar-refractivity contribution in [3.63, 3.8) is 0 Å². The van der Waals surface area contributed by atoms with E-state index in [2.05, 4.69) is 10.4 Å². The molecule has 0 saturated carbocycles. The predicted molar refractivity (Wildman–Crippen MR) is 105 cm³/mol. The number of nitrogens with one attached hydrogen (secondary N) is 1. The zero-order chi connectivity index (χ0) is 19.1. The molecular formula is C21H21N3O3. The summed E-state index contributed by atoms with van der Waals surface area (Å²) in [4.78, 5) is 12.2. The van der Waals surface area contributed by atoms with E-state index in [0.29, 0.717) is 17.2 Å². The summed E-state index contributed by atoms with van der Waals surface area (Å²) in [7, 11) is 1.57. The molecule has 3 rings (SSSR count). The Morgan fingerprint density at radius 1 is 1.19 bits per heavy atom. The molecule has 0 aliphatic carbocycles. The van der Waals surface area contributed by atoms with Gasteiger partial charge >= 0.3 is 0 Å². The smallest absolute Gasteiger partial charge is 0.262 e. The number of amides is 1. The Hall–Kier alpha value is -3.54. The highest BCUT2D eigenvalue weighted by Crippen LogP contribution is 2.28. The lowest BCUT2D eigenvalue weighted by Crippen LogP contribution is -2.20. The molecule has 1 N–H and O–H groups in total. The van der Waals surface area contributed by atoms with Crippen molar-refractivity contribution in [3.8, 4) is 17.2 Å². The molecule has 0 spiro atoms. The maximum Gasteiger partial charge on any atom is 0.262 e. The molecule has 0 radical (unpaired) electrons. The van der Waals surface area contributed by atoms with Crippen LogP contribution in [0.3, 0.4) is 0 Å². The van der Waals surface area contributed by atoms with Gasteiger partial charge in [-0.3, -0.25) is 4.79 Å². The highest BCUT2D eigenvalue weighted by molar-refractivity contribution is 5.91. The number of allylic oxidation sites excluding steroid dienone is 1. The van der Waals surface area contributed by atoms with Crippen molar-refractivity contribution in [1.29, 1.82) is 0 Å². The van der Waals surface area contributed by atoms with Crippen LogP contribution in [-0.2, 0) is 4.79 Å². The Morgan fingerprint density at radius 2 is 2.00 bits per heavy atom. The lowest BCUT2D eigenvalue weighted by Gasteiger charge is -2.11. The van der Waals surface area contributed by atoms with E-state index in [4.69, 9.17) is 9.47 Å². The summed E-state index contributed by atoms with van der Waals surface area (Å²) < 4.78 is 12.6. The van der Waals surface area contributed by atoms with Crippen molar-refractivity contribution in [3.05, 3.63) is 72.6 Å². The highest BCUT2D eigenvalue weighted by atomic mass is 16.5. The standard InChI is InChI=1S/C21H21N3O3/c1-3-7-16-10-11-19(20(12-16)26-2)27-15-21(25)23-17-13-22-24(14-17)18-8-5-4-6-9-18/h3-14H,15H2,1-2H3,(H,23,25)/b7-3-. The number of carbonyl (C=O) groups excluding carboxylic acids is 1. The van der Waals surface area contributed by atoms with E-state index in [1.165, 1.54) is 0 Å². The van der Waals surface area contributed by atoms with Crippen LogP contribution in [0.2, 0.25) is 0 Å². The average molecular weight is 363 g/mol. The lowest BCUT2D eigenvalue weighted by molar-refractivity contribution is -0.118. The Labute approximate surface area is 158 Å². The second-order valence-corrected chi connectivity index (χ2v) is 5.76. The molecule has 6 nitrogen and oxygen atoms in total. The second kappa shape index (κ2) is 8.71. The van der Waals surface area contributed by atoms with Crippen molar-refractivity contribution in [2.24, 2.45) is 0 Å². The van der Waals surface area contributed by atoms with E-state index in [9.17, 15) is 4.79 Å². The third-order valence-corrected chi connectivity index (χ3v) is 3.79. The van der Waals surface area contributed by atoms with Gasteiger partial charge in [-0.1, -0.05) is 36.4 Å². The molecule has 1 amide bonds. The number of methoxy groups -OCH3 is 1. The molecule has 0 unspecified atom stereocenters. The lowest BCUT2D eigenvalue weighted by atomic mass is 10.2. The van der Waals surface area contributed by atoms with E-state index in [1.807, 2.05) is 61.5 Å². The highest BCUT2D eigenvalue weighted by Gasteiger charge is 2.10. The van der Waals surface area contributed by atoms with Gasteiger partial charge in [-0.25, -0.2) is 4.68 Å². The van der Waals surface area contributed by atoms with Crippen LogP contribution in [0.25, 0.3) is 11.8 Å². The van der Waals surface area contributed by atoms with Crippen LogP contribution in [0.15, 0.2) is 67.0 Å². The Morgan fingerprint density at radius 3 is 2.74 bits per heavy atom. The van der Waals surface area contributed by atoms with E-state index in [0.717, 1.165) is 11.3 Å². The summed E-state index contributed by atoms with van der Waals surface area (Å²) in [6, 6.07) is 15.2. The molecule has 138 valence electrons. The average Bonchev–Trinajstić information content (AvgIpc) is 3.16. The number of nitrogens with zero attached hydrogens (tertiary/aromatic N) is 2. The first-order valence-electron chi connectivity index (χ1n) is 8.53. The molecule has 2 aromatic carbocycles. The van der Waals surface area contributed by atoms with Crippen LogP contribution < -0.4 is 14.8 Å². The summed E-state index contributed by atoms with van der Waals surface area (Å²) in [6.45, 7) is 1.82. The number of hydrogen-bond acceptors (Lipinski definition) is 4. The van der Waals surface area contributed by atoms with Crippen molar-refractivity contribution in [2.75, 3.05) is 19.0 Å². The van der Waals surface area contributed by atoms with Gasteiger partial charge in [0.15, 0.2) is 18.1 Å². The fraction of sp³-hybridized carbons (Fsp3) is 0.143. The molecule has 0 aliphatic rings. The Balaban J connectivity index is 1.60. The quantitative estimate of drug-likeness (QED) is 0.691. The third-order valence-electron chi connectivity index (χ3n) is 3.79.